The summed E-state index contributed by atoms with van der Waals surface area (Å²) in [5.74, 6) is 0.199. The van der Waals surface area contributed by atoms with Crippen LogP contribution in [-0.2, 0) is 0 Å². The van der Waals surface area contributed by atoms with Gasteiger partial charge in [-0.2, -0.15) is 0 Å². The third kappa shape index (κ3) is 3.21. The van der Waals surface area contributed by atoms with Crippen LogP contribution >= 0.6 is 22.9 Å². The van der Waals surface area contributed by atoms with Gasteiger partial charge in [-0.15, -0.1) is 0 Å². The molecule has 1 aromatic heterocycles. The molecule has 3 aromatic rings. The van der Waals surface area contributed by atoms with Gasteiger partial charge in [-0.25, -0.2) is 0 Å². The Morgan fingerprint density at radius 1 is 1.17 bits per heavy atom. The predicted molar refractivity (Wildman–Crippen MR) is 94.1 cm³/mol. The van der Waals surface area contributed by atoms with E-state index in [2.05, 4.69) is 5.32 Å². The molecule has 2 aromatic carbocycles. The fourth-order valence-electron chi connectivity index (χ4n) is 2.16. The number of nitrogens with one attached hydrogen (secondary N) is 1. The summed E-state index contributed by atoms with van der Waals surface area (Å²) < 4.78 is 4.97. The SMILES string of the molecule is COc1ccc(Cl)c(NC(=O)c2cc3ccccc3c(=O)s2)c1. The molecule has 0 aliphatic carbocycles. The van der Waals surface area contributed by atoms with E-state index in [0.717, 1.165) is 16.7 Å². The number of carbonyl (C=O) groups is 1. The van der Waals surface area contributed by atoms with E-state index in [1.807, 2.05) is 6.07 Å². The van der Waals surface area contributed by atoms with Crippen molar-refractivity contribution in [1.82, 2.24) is 0 Å². The van der Waals surface area contributed by atoms with E-state index >= 15 is 0 Å². The fraction of sp³-hybridized carbons (Fsp3) is 0.0588. The van der Waals surface area contributed by atoms with E-state index < -0.39 is 0 Å². The van der Waals surface area contributed by atoms with Crippen LogP contribution in [0.2, 0.25) is 5.02 Å². The number of carbonyl (C=O) groups excluding carboxylic acids is 1. The first kappa shape index (κ1) is 15.5. The van der Waals surface area contributed by atoms with Crippen LogP contribution in [0.5, 0.6) is 5.75 Å². The van der Waals surface area contributed by atoms with Crippen LogP contribution in [0.4, 0.5) is 5.69 Å². The average Bonchev–Trinajstić information content (AvgIpc) is 2.56. The monoisotopic (exact) mass is 345 g/mol. The Morgan fingerprint density at radius 3 is 2.74 bits per heavy atom. The lowest BCUT2D eigenvalue weighted by Crippen LogP contribution is -2.13. The normalized spacial score (nSPS) is 10.5. The number of ether oxygens (including phenoxy) is 1. The Bertz CT molecular complexity index is 952. The first-order valence-corrected chi connectivity index (χ1v) is 7.96. The zero-order chi connectivity index (χ0) is 16.4. The van der Waals surface area contributed by atoms with Gasteiger partial charge < -0.3 is 10.1 Å². The van der Waals surface area contributed by atoms with Crippen LogP contribution in [0, 0.1) is 0 Å². The van der Waals surface area contributed by atoms with Gasteiger partial charge in [-0.1, -0.05) is 41.1 Å². The minimum absolute atomic E-state index is 0.148. The fourth-order valence-corrected chi connectivity index (χ4v) is 3.15. The Balaban J connectivity index is 1.96. The maximum atomic E-state index is 12.4. The Labute approximate surface area is 141 Å². The molecule has 0 saturated heterocycles. The number of benzene rings is 2. The highest BCUT2D eigenvalue weighted by Gasteiger charge is 2.12. The topological polar surface area (TPSA) is 55.4 Å². The lowest BCUT2D eigenvalue weighted by atomic mass is 10.2. The molecule has 1 amide bonds. The summed E-state index contributed by atoms with van der Waals surface area (Å²) in [5.41, 5.74) is 0.434. The second-order valence-corrected chi connectivity index (χ2v) is 6.21. The van der Waals surface area contributed by atoms with Gasteiger partial charge in [0, 0.05) is 11.5 Å². The smallest absolute Gasteiger partial charge is 0.265 e. The highest BCUT2D eigenvalue weighted by atomic mass is 35.5. The molecule has 0 spiro atoms. The van der Waals surface area contributed by atoms with E-state index in [-0.39, 0.29) is 10.6 Å². The predicted octanol–water partition coefficient (Wildman–Crippen LogP) is 4.18. The number of halogens is 1. The number of fused-ring (bicyclic) bond motifs is 1. The molecule has 6 heteroatoms. The molecular weight excluding hydrogens is 334 g/mol. The summed E-state index contributed by atoms with van der Waals surface area (Å²) in [6.07, 6.45) is 0. The molecule has 0 radical (unpaired) electrons. The van der Waals surface area contributed by atoms with Gasteiger partial charge in [-0.05, 0) is 29.7 Å². The number of anilines is 1. The largest absolute Gasteiger partial charge is 0.497 e. The first-order valence-electron chi connectivity index (χ1n) is 6.76. The molecule has 0 fully saturated rings. The number of amides is 1. The number of methoxy groups -OCH3 is 1. The van der Waals surface area contributed by atoms with Gasteiger partial charge in [0.1, 0.15) is 5.75 Å². The molecule has 0 aliphatic heterocycles. The Hall–Kier alpha value is -2.37. The lowest BCUT2D eigenvalue weighted by Gasteiger charge is -2.09. The van der Waals surface area contributed by atoms with Crippen molar-refractivity contribution in [2.24, 2.45) is 0 Å². The summed E-state index contributed by atoms with van der Waals surface area (Å²) in [7, 11) is 1.53. The molecule has 0 bridgehead atoms. The van der Waals surface area contributed by atoms with Crippen LogP contribution in [0.15, 0.2) is 53.3 Å². The minimum atomic E-state index is -0.381. The van der Waals surface area contributed by atoms with Crippen molar-refractivity contribution in [3.05, 3.63) is 68.0 Å². The first-order chi connectivity index (χ1) is 11.1. The van der Waals surface area contributed by atoms with Crippen LogP contribution in [0.1, 0.15) is 9.67 Å². The second-order valence-electron chi connectivity index (χ2n) is 4.79. The zero-order valence-electron chi connectivity index (χ0n) is 12.1. The molecule has 1 heterocycles. The standard InChI is InChI=1S/C17H12ClNO3S/c1-22-11-6-7-13(18)14(9-11)19-16(20)15-8-10-4-2-3-5-12(10)17(21)23-15/h2-9H,1H3,(H,19,20). The van der Waals surface area contributed by atoms with Crippen LogP contribution < -0.4 is 14.8 Å². The molecule has 0 aliphatic rings. The summed E-state index contributed by atoms with van der Waals surface area (Å²) >= 11 is 6.99. The molecule has 3 rings (SSSR count). The minimum Gasteiger partial charge on any atom is -0.497 e. The maximum absolute atomic E-state index is 12.4. The number of rotatable bonds is 3. The van der Waals surface area contributed by atoms with E-state index in [9.17, 15) is 9.59 Å². The van der Waals surface area contributed by atoms with Crippen molar-refractivity contribution in [2.45, 2.75) is 0 Å². The van der Waals surface area contributed by atoms with Gasteiger partial charge in [-0.3, -0.25) is 9.59 Å². The van der Waals surface area contributed by atoms with Crippen molar-refractivity contribution in [2.75, 3.05) is 12.4 Å². The quantitative estimate of drug-likeness (QED) is 0.774. The molecular formula is C17H12ClNO3S. The van der Waals surface area contributed by atoms with Gasteiger partial charge >= 0.3 is 0 Å². The van der Waals surface area contributed by atoms with Crippen LogP contribution in [0.25, 0.3) is 10.8 Å². The van der Waals surface area contributed by atoms with E-state index in [0.29, 0.717) is 26.7 Å². The summed E-state index contributed by atoms with van der Waals surface area (Å²) in [5, 5.41) is 4.45. The van der Waals surface area contributed by atoms with Gasteiger partial charge in [0.2, 0.25) is 4.74 Å². The second kappa shape index (κ2) is 6.40. The van der Waals surface area contributed by atoms with Crippen molar-refractivity contribution in [3.8, 4) is 5.75 Å². The highest BCUT2D eigenvalue weighted by molar-refractivity contribution is 7.12. The van der Waals surface area contributed by atoms with Crippen LogP contribution in [0.3, 0.4) is 0 Å². The molecule has 0 unspecified atom stereocenters. The highest BCUT2D eigenvalue weighted by Crippen LogP contribution is 2.27. The van der Waals surface area contributed by atoms with Crippen molar-refractivity contribution >= 4 is 45.3 Å². The summed E-state index contributed by atoms with van der Waals surface area (Å²) in [6, 6.07) is 13.8. The summed E-state index contributed by atoms with van der Waals surface area (Å²) in [4.78, 5) is 24.9. The third-order valence-electron chi connectivity index (χ3n) is 3.32. The molecule has 4 nitrogen and oxygen atoms in total. The number of hydrogen-bond acceptors (Lipinski definition) is 4. The van der Waals surface area contributed by atoms with Gasteiger partial charge in [0.15, 0.2) is 0 Å². The molecule has 1 N–H and O–H groups in total. The van der Waals surface area contributed by atoms with Crippen molar-refractivity contribution in [3.63, 3.8) is 0 Å². The van der Waals surface area contributed by atoms with Crippen molar-refractivity contribution < 1.29 is 9.53 Å². The number of hydrogen-bond donors (Lipinski definition) is 1. The van der Waals surface area contributed by atoms with Gasteiger partial charge in [0.05, 0.1) is 22.7 Å². The molecule has 116 valence electrons. The third-order valence-corrected chi connectivity index (χ3v) is 4.57. The summed E-state index contributed by atoms with van der Waals surface area (Å²) in [6.45, 7) is 0. The lowest BCUT2D eigenvalue weighted by molar-refractivity contribution is 0.103. The van der Waals surface area contributed by atoms with E-state index in [1.54, 1.807) is 42.5 Å². The van der Waals surface area contributed by atoms with E-state index in [4.69, 9.17) is 16.3 Å². The average molecular weight is 346 g/mol. The van der Waals surface area contributed by atoms with Gasteiger partial charge in [0.25, 0.3) is 5.91 Å². The molecule has 0 saturated carbocycles. The molecule has 0 atom stereocenters. The van der Waals surface area contributed by atoms with Crippen molar-refractivity contribution in [1.29, 1.82) is 0 Å². The zero-order valence-corrected chi connectivity index (χ0v) is 13.7. The maximum Gasteiger partial charge on any atom is 0.265 e. The molecule has 23 heavy (non-hydrogen) atoms. The Morgan fingerprint density at radius 2 is 1.96 bits per heavy atom. The van der Waals surface area contributed by atoms with E-state index in [1.165, 1.54) is 7.11 Å². The van der Waals surface area contributed by atoms with Crippen LogP contribution in [-0.4, -0.2) is 13.0 Å². The Kier molecular flexibility index (Phi) is 4.32.